The molecule has 2 aromatic carbocycles. The van der Waals surface area contributed by atoms with Gasteiger partial charge in [0.05, 0.1) is 11.8 Å². The standard InChI is InChI=1S/C27H26N4O3/c1-19-9-10-21(17-23(19)29-26(32)24-8-4-16-34-24)27(33)31-14-12-30(13-15-31)18-22-6-2-5-20-7-3-11-28-25(20)22/h2-11,16-17H,12-15,18H2,1H3,(H,29,32). The van der Waals surface area contributed by atoms with Gasteiger partial charge in [0.1, 0.15) is 0 Å². The second-order valence-electron chi connectivity index (χ2n) is 8.52. The maximum absolute atomic E-state index is 13.2. The number of para-hydroxylation sites is 1. The third kappa shape index (κ3) is 4.56. The topological polar surface area (TPSA) is 78.7 Å². The first-order valence-electron chi connectivity index (χ1n) is 11.4. The molecular formula is C27H26N4O3. The zero-order valence-corrected chi connectivity index (χ0v) is 19.0. The van der Waals surface area contributed by atoms with E-state index in [2.05, 4.69) is 39.5 Å². The summed E-state index contributed by atoms with van der Waals surface area (Å²) >= 11 is 0. The number of benzene rings is 2. The number of aryl methyl sites for hydroxylation is 1. The zero-order valence-electron chi connectivity index (χ0n) is 19.0. The summed E-state index contributed by atoms with van der Waals surface area (Å²) < 4.78 is 5.16. The van der Waals surface area contributed by atoms with Crippen molar-refractivity contribution >= 4 is 28.4 Å². The van der Waals surface area contributed by atoms with Crippen LogP contribution in [0.1, 0.15) is 32.0 Å². The van der Waals surface area contributed by atoms with Gasteiger partial charge in [0.15, 0.2) is 5.76 Å². The molecule has 0 aliphatic carbocycles. The average molecular weight is 455 g/mol. The smallest absolute Gasteiger partial charge is 0.291 e. The Bertz CT molecular complexity index is 1320. The van der Waals surface area contributed by atoms with Crippen LogP contribution in [-0.4, -0.2) is 52.8 Å². The Morgan fingerprint density at radius 3 is 2.62 bits per heavy atom. The van der Waals surface area contributed by atoms with Crippen LogP contribution >= 0.6 is 0 Å². The highest BCUT2D eigenvalue weighted by Gasteiger charge is 2.23. The summed E-state index contributed by atoms with van der Waals surface area (Å²) in [6.07, 6.45) is 3.29. The maximum atomic E-state index is 13.2. The molecule has 3 heterocycles. The van der Waals surface area contributed by atoms with Crippen molar-refractivity contribution in [2.45, 2.75) is 13.5 Å². The largest absolute Gasteiger partial charge is 0.459 e. The molecule has 1 fully saturated rings. The molecule has 172 valence electrons. The van der Waals surface area contributed by atoms with Crippen molar-refractivity contribution in [2.75, 3.05) is 31.5 Å². The molecule has 7 nitrogen and oxygen atoms in total. The van der Waals surface area contributed by atoms with Crippen molar-refractivity contribution in [3.63, 3.8) is 0 Å². The van der Waals surface area contributed by atoms with E-state index in [9.17, 15) is 9.59 Å². The Morgan fingerprint density at radius 1 is 1.00 bits per heavy atom. The molecule has 7 heteroatoms. The van der Waals surface area contributed by atoms with E-state index in [4.69, 9.17) is 4.42 Å². The fourth-order valence-corrected chi connectivity index (χ4v) is 4.31. The lowest BCUT2D eigenvalue weighted by Gasteiger charge is -2.35. The number of furan rings is 1. The van der Waals surface area contributed by atoms with Crippen LogP contribution in [0, 0.1) is 6.92 Å². The normalized spacial score (nSPS) is 14.3. The van der Waals surface area contributed by atoms with Gasteiger partial charge in [0.2, 0.25) is 0 Å². The Morgan fingerprint density at radius 2 is 1.82 bits per heavy atom. The fourth-order valence-electron chi connectivity index (χ4n) is 4.31. The van der Waals surface area contributed by atoms with Crippen LogP contribution in [0.5, 0.6) is 0 Å². The molecule has 2 aromatic heterocycles. The van der Waals surface area contributed by atoms with Crippen molar-refractivity contribution in [1.82, 2.24) is 14.8 Å². The summed E-state index contributed by atoms with van der Waals surface area (Å²) in [5.74, 6) is -0.136. The minimum atomic E-state index is -0.339. The molecular weight excluding hydrogens is 428 g/mol. The predicted molar refractivity (Wildman–Crippen MR) is 131 cm³/mol. The molecule has 0 spiro atoms. The molecule has 1 aliphatic heterocycles. The molecule has 5 rings (SSSR count). The third-order valence-corrected chi connectivity index (χ3v) is 6.25. The van der Waals surface area contributed by atoms with Gasteiger partial charge in [0, 0.05) is 55.6 Å². The number of hydrogen-bond donors (Lipinski definition) is 1. The van der Waals surface area contributed by atoms with Gasteiger partial charge in [-0.15, -0.1) is 0 Å². The summed E-state index contributed by atoms with van der Waals surface area (Å²) in [7, 11) is 0. The van der Waals surface area contributed by atoms with E-state index < -0.39 is 0 Å². The third-order valence-electron chi connectivity index (χ3n) is 6.25. The minimum absolute atomic E-state index is 0.0278. The van der Waals surface area contributed by atoms with Crippen LogP contribution in [0.4, 0.5) is 5.69 Å². The number of piperazine rings is 1. The Balaban J connectivity index is 1.23. The first kappa shape index (κ1) is 21.9. The molecule has 0 radical (unpaired) electrons. The lowest BCUT2D eigenvalue weighted by Crippen LogP contribution is -2.48. The summed E-state index contributed by atoms with van der Waals surface area (Å²) in [4.78, 5) is 34.3. The van der Waals surface area contributed by atoms with Gasteiger partial charge < -0.3 is 14.6 Å². The minimum Gasteiger partial charge on any atom is -0.459 e. The number of hydrogen-bond acceptors (Lipinski definition) is 5. The first-order chi connectivity index (χ1) is 16.6. The maximum Gasteiger partial charge on any atom is 0.291 e. The van der Waals surface area contributed by atoms with E-state index in [1.54, 1.807) is 18.2 Å². The monoisotopic (exact) mass is 454 g/mol. The molecule has 0 saturated carbocycles. The van der Waals surface area contributed by atoms with Gasteiger partial charge in [-0.1, -0.05) is 30.3 Å². The van der Waals surface area contributed by atoms with Crippen LogP contribution in [0.15, 0.2) is 77.5 Å². The number of pyridine rings is 1. The number of aromatic nitrogens is 1. The highest BCUT2D eigenvalue weighted by Crippen LogP contribution is 2.21. The van der Waals surface area contributed by atoms with E-state index in [-0.39, 0.29) is 17.6 Å². The number of rotatable bonds is 5. The fraction of sp³-hybridized carbons (Fsp3) is 0.222. The number of nitrogens with one attached hydrogen (secondary N) is 1. The summed E-state index contributed by atoms with van der Waals surface area (Å²) in [6.45, 7) is 5.60. The van der Waals surface area contributed by atoms with E-state index >= 15 is 0 Å². The van der Waals surface area contributed by atoms with Gasteiger partial charge in [0.25, 0.3) is 11.8 Å². The van der Waals surface area contributed by atoms with E-state index in [0.717, 1.165) is 36.1 Å². The zero-order chi connectivity index (χ0) is 23.5. The highest BCUT2D eigenvalue weighted by atomic mass is 16.3. The Hall–Kier alpha value is -3.97. The van der Waals surface area contributed by atoms with Crippen LogP contribution in [-0.2, 0) is 6.54 Å². The molecule has 1 aliphatic rings. The lowest BCUT2D eigenvalue weighted by atomic mass is 10.1. The number of carbonyl (C=O) groups excluding carboxylic acids is 2. The Kier molecular flexibility index (Phi) is 6.10. The van der Waals surface area contributed by atoms with Crippen molar-refractivity contribution < 1.29 is 14.0 Å². The average Bonchev–Trinajstić information content (AvgIpc) is 3.41. The van der Waals surface area contributed by atoms with Gasteiger partial charge in [-0.25, -0.2) is 0 Å². The number of fused-ring (bicyclic) bond motifs is 1. The highest BCUT2D eigenvalue weighted by molar-refractivity contribution is 6.04. The Labute approximate surface area is 198 Å². The van der Waals surface area contributed by atoms with Crippen molar-refractivity contribution in [2.24, 2.45) is 0 Å². The van der Waals surface area contributed by atoms with Gasteiger partial charge in [-0.05, 0) is 48.4 Å². The van der Waals surface area contributed by atoms with Crippen molar-refractivity contribution in [3.05, 3.63) is 95.6 Å². The SMILES string of the molecule is Cc1ccc(C(=O)N2CCN(Cc3cccc4cccnc34)CC2)cc1NC(=O)c1ccco1. The number of nitrogens with zero attached hydrogens (tertiary/aromatic N) is 3. The second kappa shape index (κ2) is 9.49. The molecule has 4 aromatic rings. The molecule has 2 amide bonds. The predicted octanol–water partition coefficient (Wildman–Crippen LogP) is 4.35. The first-order valence-corrected chi connectivity index (χ1v) is 11.4. The van der Waals surface area contributed by atoms with Gasteiger partial charge in [-0.2, -0.15) is 0 Å². The van der Waals surface area contributed by atoms with Gasteiger partial charge >= 0.3 is 0 Å². The summed E-state index contributed by atoms with van der Waals surface area (Å²) in [6, 6.07) is 19.0. The molecule has 0 unspecified atom stereocenters. The molecule has 0 bridgehead atoms. The lowest BCUT2D eigenvalue weighted by molar-refractivity contribution is 0.0628. The summed E-state index contributed by atoms with van der Waals surface area (Å²) in [5, 5.41) is 3.98. The molecule has 1 saturated heterocycles. The summed E-state index contributed by atoms with van der Waals surface area (Å²) in [5.41, 5.74) is 4.28. The number of amides is 2. The van der Waals surface area contributed by atoms with Crippen LogP contribution in [0.2, 0.25) is 0 Å². The number of anilines is 1. The van der Waals surface area contributed by atoms with Crippen LogP contribution in [0.25, 0.3) is 10.9 Å². The van der Waals surface area contributed by atoms with Crippen molar-refractivity contribution in [1.29, 1.82) is 0 Å². The van der Waals surface area contributed by atoms with Crippen LogP contribution < -0.4 is 5.32 Å². The quantitative estimate of drug-likeness (QED) is 0.485. The van der Waals surface area contributed by atoms with E-state index in [0.29, 0.717) is 24.3 Å². The van der Waals surface area contributed by atoms with E-state index in [1.165, 1.54) is 11.8 Å². The van der Waals surface area contributed by atoms with Gasteiger partial charge in [-0.3, -0.25) is 19.5 Å². The van der Waals surface area contributed by atoms with Crippen LogP contribution in [0.3, 0.4) is 0 Å². The molecule has 34 heavy (non-hydrogen) atoms. The molecule has 1 N–H and O–H groups in total. The van der Waals surface area contributed by atoms with Crippen molar-refractivity contribution in [3.8, 4) is 0 Å². The molecule has 0 atom stereocenters. The van der Waals surface area contributed by atoms with E-state index in [1.807, 2.05) is 36.2 Å². The number of carbonyl (C=O) groups is 2. The second-order valence-corrected chi connectivity index (χ2v) is 8.52.